The normalized spacial score (nSPS) is 15.0. The predicted molar refractivity (Wildman–Crippen MR) is 88.0 cm³/mol. The minimum absolute atomic E-state index is 0.0407. The van der Waals surface area contributed by atoms with Crippen LogP contribution in [0.5, 0.6) is 0 Å². The SMILES string of the molecule is O=S(=O)(NCC(O)(c1ccccc1)C(F)(F)F)c1cc(Cl)ccc1Cl. The summed E-state index contributed by atoms with van der Waals surface area (Å²) in [6.07, 6.45) is -5.12. The Bertz CT molecular complexity index is 860. The minimum Gasteiger partial charge on any atom is -0.375 e. The van der Waals surface area contributed by atoms with Gasteiger partial charge < -0.3 is 5.11 Å². The van der Waals surface area contributed by atoms with Gasteiger partial charge in [-0.25, -0.2) is 13.1 Å². The number of hydrogen-bond acceptors (Lipinski definition) is 3. The summed E-state index contributed by atoms with van der Waals surface area (Å²) in [6, 6.07) is 9.70. The first-order valence-corrected chi connectivity index (χ1v) is 9.01. The van der Waals surface area contributed by atoms with Crippen molar-refractivity contribution in [2.24, 2.45) is 0 Å². The highest BCUT2D eigenvalue weighted by Crippen LogP contribution is 2.38. The smallest absolute Gasteiger partial charge is 0.375 e. The lowest BCUT2D eigenvalue weighted by Crippen LogP contribution is -2.51. The van der Waals surface area contributed by atoms with E-state index >= 15 is 0 Å². The van der Waals surface area contributed by atoms with E-state index in [9.17, 15) is 26.7 Å². The van der Waals surface area contributed by atoms with Gasteiger partial charge in [-0.05, 0) is 23.8 Å². The van der Waals surface area contributed by atoms with Gasteiger partial charge in [-0.3, -0.25) is 0 Å². The maximum Gasteiger partial charge on any atom is 0.422 e. The van der Waals surface area contributed by atoms with E-state index in [0.29, 0.717) is 0 Å². The molecule has 10 heteroatoms. The number of nitrogens with one attached hydrogen (secondary N) is 1. The molecule has 0 saturated heterocycles. The van der Waals surface area contributed by atoms with Gasteiger partial charge >= 0.3 is 6.18 Å². The quantitative estimate of drug-likeness (QED) is 0.784. The maximum atomic E-state index is 13.4. The molecule has 0 aliphatic carbocycles. The molecule has 1 unspecified atom stereocenters. The Kier molecular flexibility index (Phi) is 5.70. The fraction of sp³-hybridized carbons (Fsp3) is 0.200. The van der Waals surface area contributed by atoms with Gasteiger partial charge in [0.2, 0.25) is 10.0 Å². The number of sulfonamides is 1. The minimum atomic E-state index is -5.12. The van der Waals surface area contributed by atoms with Crippen LogP contribution in [-0.2, 0) is 15.6 Å². The third kappa shape index (κ3) is 4.27. The molecule has 0 saturated carbocycles. The van der Waals surface area contributed by atoms with Crippen molar-refractivity contribution in [1.29, 1.82) is 0 Å². The number of halogens is 5. The van der Waals surface area contributed by atoms with E-state index in [1.165, 1.54) is 30.3 Å². The molecule has 2 rings (SSSR count). The highest BCUT2D eigenvalue weighted by atomic mass is 35.5. The topological polar surface area (TPSA) is 66.4 Å². The first-order valence-electron chi connectivity index (χ1n) is 6.77. The van der Waals surface area contributed by atoms with E-state index in [2.05, 4.69) is 0 Å². The number of aliphatic hydroxyl groups is 1. The zero-order valence-electron chi connectivity index (χ0n) is 12.4. The van der Waals surface area contributed by atoms with Crippen LogP contribution >= 0.6 is 23.2 Å². The molecule has 0 aromatic heterocycles. The van der Waals surface area contributed by atoms with Gasteiger partial charge in [-0.1, -0.05) is 53.5 Å². The molecule has 0 amide bonds. The lowest BCUT2D eigenvalue weighted by atomic mass is 9.93. The van der Waals surface area contributed by atoms with Gasteiger partial charge in [0.15, 0.2) is 5.60 Å². The molecule has 0 fully saturated rings. The molecular weight excluding hydrogens is 402 g/mol. The Morgan fingerprint density at radius 3 is 2.20 bits per heavy atom. The molecule has 0 bridgehead atoms. The van der Waals surface area contributed by atoms with Crippen molar-refractivity contribution < 1.29 is 26.7 Å². The van der Waals surface area contributed by atoms with Crippen LogP contribution in [0, 0.1) is 0 Å². The molecule has 0 radical (unpaired) electrons. The number of hydrogen-bond donors (Lipinski definition) is 2. The molecule has 4 nitrogen and oxygen atoms in total. The third-order valence-corrected chi connectivity index (χ3v) is 5.54. The summed E-state index contributed by atoms with van der Waals surface area (Å²) in [6.45, 7) is -1.33. The van der Waals surface area contributed by atoms with E-state index < -0.39 is 38.8 Å². The summed E-state index contributed by atoms with van der Waals surface area (Å²) in [5.74, 6) is 0. The number of rotatable bonds is 5. The maximum absolute atomic E-state index is 13.4. The van der Waals surface area contributed by atoms with Crippen LogP contribution in [0.15, 0.2) is 53.4 Å². The van der Waals surface area contributed by atoms with Gasteiger partial charge in [-0.15, -0.1) is 0 Å². The van der Waals surface area contributed by atoms with Crippen molar-refractivity contribution in [1.82, 2.24) is 4.72 Å². The summed E-state index contributed by atoms with van der Waals surface area (Å²) < 4.78 is 66.4. The van der Waals surface area contributed by atoms with Crippen LogP contribution in [0.2, 0.25) is 10.0 Å². The predicted octanol–water partition coefficient (Wildman–Crippen LogP) is 3.72. The van der Waals surface area contributed by atoms with Crippen molar-refractivity contribution >= 4 is 33.2 Å². The van der Waals surface area contributed by atoms with E-state index in [-0.39, 0.29) is 10.0 Å². The van der Waals surface area contributed by atoms with Crippen LogP contribution < -0.4 is 4.72 Å². The molecular formula is C15H12Cl2F3NO3S. The average Bonchev–Trinajstić information content (AvgIpc) is 2.54. The molecule has 1 atom stereocenters. The van der Waals surface area contributed by atoms with Gasteiger partial charge in [-0.2, -0.15) is 13.2 Å². The van der Waals surface area contributed by atoms with Gasteiger partial charge in [0.25, 0.3) is 0 Å². The van der Waals surface area contributed by atoms with Crippen LogP contribution in [-0.4, -0.2) is 26.2 Å². The molecule has 0 aliphatic rings. The summed E-state index contributed by atoms with van der Waals surface area (Å²) in [5.41, 5.74) is -3.91. The van der Waals surface area contributed by atoms with E-state index in [1.807, 2.05) is 0 Å². The standard InChI is InChI=1S/C15H12Cl2F3NO3S/c16-11-6-7-12(17)13(8-11)25(23,24)21-9-14(22,15(18,19)20)10-4-2-1-3-5-10/h1-8,21-22H,9H2. The molecule has 25 heavy (non-hydrogen) atoms. The summed E-state index contributed by atoms with van der Waals surface area (Å²) in [4.78, 5) is -0.487. The van der Waals surface area contributed by atoms with Gasteiger partial charge in [0.1, 0.15) is 4.90 Å². The zero-order chi connectivity index (χ0) is 18.9. The first-order chi connectivity index (χ1) is 11.5. The Morgan fingerprint density at radius 2 is 1.64 bits per heavy atom. The Hall–Kier alpha value is -1.32. The molecule has 2 aromatic rings. The summed E-state index contributed by atoms with van der Waals surface area (Å²) in [5, 5.41) is 9.97. The Labute approximate surface area is 152 Å². The fourth-order valence-corrected chi connectivity index (χ4v) is 3.86. The summed E-state index contributed by atoms with van der Waals surface area (Å²) in [7, 11) is -4.44. The van der Waals surface area contributed by atoms with Gasteiger partial charge in [0.05, 0.1) is 11.6 Å². The van der Waals surface area contributed by atoms with Crippen molar-refractivity contribution in [2.75, 3.05) is 6.54 Å². The molecule has 136 valence electrons. The average molecular weight is 414 g/mol. The molecule has 0 spiro atoms. The van der Waals surface area contributed by atoms with Crippen molar-refractivity contribution in [3.63, 3.8) is 0 Å². The van der Waals surface area contributed by atoms with Crippen LogP contribution in [0.1, 0.15) is 5.56 Å². The van der Waals surface area contributed by atoms with Crippen LogP contribution in [0.3, 0.4) is 0 Å². The molecule has 0 heterocycles. The van der Waals surface area contributed by atoms with Crippen LogP contribution in [0.25, 0.3) is 0 Å². The highest BCUT2D eigenvalue weighted by molar-refractivity contribution is 7.89. The zero-order valence-corrected chi connectivity index (χ0v) is 14.7. The second kappa shape index (κ2) is 7.13. The lowest BCUT2D eigenvalue weighted by molar-refractivity contribution is -0.263. The second-order valence-electron chi connectivity index (χ2n) is 5.12. The second-order valence-corrected chi connectivity index (χ2v) is 7.70. The highest BCUT2D eigenvalue weighted by Gasteiger charge is 2.55. The monoisotopic (exact) mass is 413 g/mol. The Morgan fingerprint density at radius 1 is 1.04 bits per heavy atom. The van der Waals surface area contributed by atoms with E-state index in [4.69, 9.17) is 23.2 Å². The fourth-order valence-electron chi connectivity index (χ4n) is 2.04. The molecule has 2 aromatic carbocycles. The number of benzene rings is 2. The summed E-state index contributed by atoms with van der Waals surface area (Å²) >= 11 is 11.5. The lowest BCUT2D eigenvalue weighted by Gasteiger charge is -2.31. The molecule has 0 aliphatic heterocycles. The van der Waals surface area contributed by atoms with E-state index in [0.717, 1.165) is 18.2 Å². The first kappa shape index (κ1) is 20.0. The van der Waals surface area contributed by atoms with Crippen molar-refractivity contribution in [2.45, 2.75) is 16.7 Å². The van der Waals surface area contributed by atoms with Crippen molar-refractivity contribution in [3.8, 4) is 0 Å². The largest absolute Gasteiger partial charge is 0.422 e. The Balaban J connectivity index is 2.37. The van der Waals surface area contributed by atoms with Crippen molar-refractivity contribution in [3.05, 3.63) is 64.1 Å². The van der Waals surface area contributed by atoms with E-state index in [1.54, 1.807) is 4.72 Å². The molecule has 2 N–H and O–H groups in total. The van der Waals surface area contributed by atoms with Crippen LogP contribution in [0.4, 0.5) is 13.2 Å². The third-order valence-electron chi connectivity index (χ3n) is 3.42. The number of alkyl halides is 3. The van der Waals surface area contributed by atoms with Gasteiger partial charge in [0, 0.05) is 5.02 Å².